The zero-order chi connectivity index (χ0) is 17.0. The molecule has 5 heteroatoms. The van der Waals surface area contributed by atoms with E-state index in [4.69, 9.17) is 4.74 Å². The molecule has 0 radical (unpaired) electrons. The van der Waals surface area contributed by atoms with Gasteiger partial charge in [0.1, 0.15) is 23.1 Å². The molecular formula is C18H19F2NO2. The Labute approximate surface area is 134 Å². The van der Waals surface area contributed by atoms with Crippen LogP contribution in [0.5, 0.6) is 5.75 Å². The number of hydrogen-bond acceptors (Lipinski definition) is 2. The van der Waals surface area contributed by atoms with Crippen molar-refractivity contribution in [2.24, 2.45) is 0 Å². The number of aryl methyl sites for hydroxylation is 1. The SMILES string of the molecule is CCC(Oc1cccc(C)c1C)C(=O)Nc1c(F)cccc1F. The second kappa shape index (κ2) is 7.22. The Kier molecular flexibility index (Phi) is 5.32. The van der Waals surface area contributed by atoms with Gasteiger partial charge in [-0.2, -0.15) is 0 Å². The van der Waals surface area contributed by atoms with Gasteiger partial charge in [-0.1, -0.05) is 25.1 Å². The Morgan fingerprint density at radius 2 is 1.74 bits per heavy atom. The number of nitrogens with one attached hydrogen (secondary N) is 1. The van der Waals surface area contributed by atoms with Crippen LogP contribution in [0.25, 0.3) is 0 Å². The smallest absolute Gasteiger partial charge is 0.265 e. The maximum Gasteiger partial charge on any atom is 0.265 e. The van der Waals surface area contributed by atoms with Crippen LogP contribution in [0.15, 0.2) is 36.4 Å². The quantitative estimate of drug-likeness (QED) is 0.888. The van der Waals surface area contributed by atoms with E-state index in [1.54, 1.807) is 13.0 Å². The predicted molar refractivity (Wildman–Crippen MR) is 85.6 cm³/mol. The summed E-state index contributed by atoms with van der Waals surface area (Å²) in [5.41, 5.74) is 1.51. The number of ether oxygens (including phenoxy) is 1. The molecular weight excluding hydrogens is 300 g/mol. The minimum absolute atomic E-state index is 0.370. The van der Waals surface area contributed by atoms with Crippen molar-refractivity contribution in [1.82, 2.24) is 0 Å². The minimum atomic E-state index is -0.838. The molecule has 0 heterocycles. The summed E-state index contributed by atoms with van der Waals surface area (Å²) < 4.78 is 33.0. The number of amides is 1. The van der Waals surface area contributed by atoms with Gasteiger partial charge in [0.05, 0.1) is 0 Å². The van der Waals surface area contributed by atoms with Crippen molar-refractivity contribution in [2.45, 2.75) is 33.3 Å². The molecule has 1 unspecified atom stereocenters. The van der Waals surface area contributed by atoms with Crippen molar-refractivity contribution >= 4 is 11.6 Å². The second-order valence-electron chi connectivity index (χ2n) is 5.30. The van der Waals surface area contributed by atoms with Crippen LogP contribution in [0.3, 0.4) is 0 Å². The van der Waals surface area contributed by atoms with Gasteiger partial charge in [0.15, 0.2) is 6.10 Å². The molecule has 1 atom stereocenters. The molecule has 2 aromatic rings. The van der Waals surface area contributed by atoms with Gasteiger partial charge in [0.2, 0.25) is 0 Å². The van der Waals surface area contributed by atoms with Crippen molar-refractivity contribution in [1.29, 1.82) is 0 Å². The molecule has 2 rings (SSSR count). The van der Waals surface area contributed by atoms with E-state index in [0.717, 1.165) is 23.3 Å². The summed E-state index contributed by atoms with van der Waals surface area (Å²) in [7, 11) is 0. The van der Waals surface area contributed by atoms with E-state index < -0.39 is 29.3 Å². The molecule has 2 aromatic carbocycles. The lowest BCUT2D eigenvalue weighted by molar-refractivity contribution is -0.122. The molecule has 1 N–H and O–H groups in total. The first-order valence-corrected chi connectivity index (χ1v) is 7.41. The third-order valence-electron chi connectivity index (χ3n) is 3.70. The lowest BCUT2D eigenvalue weighted by Crippen LogP contribution is -2.33. The molecule has 0 saturated carbocycles. The average molecular weight is 319 g/mol. The van der Waals surface area contributed by atoms with Crippen molar-refractivity contribution < 1.29 is 18.3 Å². The number of anilines is 1. The maximum atomic E-state index is 13.6. The molecule has 0 aliphatic carbocycles. The second-order valence-corrected chi connectivity index (χ2v) is 5.30. The first-order valence-electron chi connectivity index (χ1n) is 7.41. The predicted octanol–water partition coefficient (Wildman–Crippen LogP) is 4.38. The molecule has 0 spiro atoms. The Morgan fingerprint density at radius 3 is 2.35 bits per heavy atom. The summed E-state index contributed by atoms with van der Waals surface area (Å²) in [4.78, 5) is 12.3. The molecule has 0 bridgehead atoms. The number of hydrogen-bond donors (Lipinski definition) is 1. The van der Waals surface area contributed by atoms with Gasteiger partial charge in [-0.15, -0.1) is 0 Å². The van der Waals surface area contributed by atoms with Crippen molar-refractivity contribution in [3.05, 3.63) is 59.2 Å². The average Bonchev–Trinajstić information content (AvgIpc) is 2.52. The van der Waals surface area contributed by atoms with Crippen LogP contribution in [0.2, 0.25) is 0 Å². The van der Waals surface area contributed by atoms with Crippen molar-refractivity contribution in [3.8, 4) is 5.75 Å². The Hall–Kier alpha value is -2.43. The van der Waals surface area contributed by atoms with Crippen LogP contribution in [-0.2, 0) is 4.79 Å². The lowest BCUT2D eigenvalue weighted by atomic mass is 10.1. The monoisotopic (exact) mass is 319 g/mol. The number of benzene rings is 2. The summed E-state index contributed by atoms with van der Waals surface area (Å²) in [6.45, 7) is 5.61. The topological polar surface area (TPSA) is 38.3 Å². The highest BCUT2D eigenvalue weighted by molar-refractivity contribution is 5.94. The largest absolute Gasteiger partial charge is 0.480 e. The number of rotatable bonds is 5. The highest BCUT2D eigenvalue weighted by Crippen LogP contribution is 2.24. The normalized spacial score (nSPS) is 11.9. The molecule has 0 aliphatic heterocycles. The zero-order valence-corrected chi connectivity index (χ0v) is 13.3. The molecule has 3 nitrogen and oxygen atoms in total. The summed E-state index contributed by atoms with van der Waals surface area (Å²) in [5, 5.41) is 2.27. The summed E-state index contributed by atoms with van der Waals surface area (Å²) >= 11 is 0. The Morgan fingerprint density at radius 1 is 1.13 bits per heavy atom. The van der Waals surface area contributed by atoms with Gasteiger partial charge in [0, 0.05) is 0 Å². The summed E-state index contributed by atoms with van der Waals surface area (Å²) in [6.07, 6.45) is -0.468. The molecule has 23 heavy (non-hydrogen) atoms. The van der Waals surface area contributed by atoms with Gasteiger partial charge < -0.3 is 10.1 Å². The first kappa shape index (κ1) is 16.9. The number of carbonyl (C=O) groups is 1. The van der Waals surface area contributed by atoms with Crippen molar-refractivity contribution in [2.75, 3.05) is 5.32 Å². The van der Waals surface area contributed by atoms with Crippen LogP contribution >= 0.6 is 0 Å². The van der Waals surface area contributed by atoms with E-state index in [1.165, 1.54) is 6.07 Å². The van der Waals surface area contributed by atoms with Gasteiger partial charge in [0.25, 0.3) is 5.91 Å². The van der Waals surface area contributed by atoms with Gasteiger partial charge >= 0.3 is 0 Å². The van der Waals surface area contributed by atoms with E-state index in [0.29, 0.717) is 12.2 Å². The molecule has 0 aromatic heterocycles. The number of para-hydroxylation sites is 1. The summed E-state index contributed by atoms with van der Waals surface area (Å²) in [5.74, 6) is -1.64. The molecule has 0 saturated heterocycles. The van der Waals surface area contributed by atoms with Gasteiger partial charge in [-0.25, -0.2) is 8.78 Å². The Balaban J connectivity index is 2.17. The zero-order valence-electron chi connectivity index (χ0n) is 13.3. The van der Waals surface area contributed by atoms with E-state index in [1.807, 2.05) is 26.0 Å². The van der Waals surface area contributed by atoms with E-state index in [2.05, 4.69) is 5.32 Å². The molecule has 122 valence electrons. The maximum absolute atomic E-state index is 13.6. The third-order valence-corrected chi connectivity index (χ3v) is 3.70. The third kappa shape index (κ3) is 3.86. The van der Waals surface area contributed by atoms with E-state index in [-0.39, 0.29) is 0 Å². The van der Waals surface area contributed by atoms with Crippen molar-refractivity contribution in [3.63, 3.8) is 0 Å². The number of carbonyl (C=O) groups excluding carboxylic acids is 1. The van der Waals surface area contributed by atoms with E-state index in [9.17, 15) is 13.6 Å². The number of halogens is 2. The van der Waals surface area contributed by atoms with Crippen LogP contribution in [0, 0.1) is 25.5 Å². The van der Waals surface area contributed by atoms with Crippen LogP contribution < -0.4 is 10.1 Å². The molecule has 0 aliphatic rings. The highest BCUT2D eigenvalue weighted by Gasteiger charge is 2.22. The molecule has 0 fully saturated rings. The fraction of sp³-hybridized carbons (Fsp3) is 0.278. The lowest BCUT2D eigenvalue weighted by Gasteiger charge is -2.19. The highest BCUT2D eigenvalue weighted by atomic mass is 19.1. The van der Waals surface area contributed by atoms with Crippen LogP contribution in [0.4, 0.5) is 14.5 Å². The molecule has 1 amide bonds. The first-order chi connectivity index (χ1) is 10.9. The van der Waals surface area contributed by atoms with Crippen LogP contribution in [0.1, 0.15) is 24.5 Å². The Bertz CT molecular complexity index is 696. The minimum Gasteiger partial charge on any atom is -0.480 e. The van der Waals surface area contributed by atoms with Crippen LogP contribution in [-0.4, -0.2) is 12.0 Å². The van der Waals surface area contributed by atoms with E-state index >= 15 is 0 Å². The summed E-state index contributed by atoms with van der Waals surface area (Å²) in [6, 6.07) is 8.96. The fourth-order valence-electron chi connectivity index (χ4n) is 2.15. The standard InChI is InChI=1S/C18H19F2NO2/c1-4-15(23-16-10-5-7-11(2)12(16)3)18(22)21-17-13(19)8-6-9-14(17)20/h5-10,15H,4H2,1-3H3,(H,21,22). The van der Waals surface area contributed by atoms with Gasteiger partial charge in [-0.05, 0) is 49.6 Å². The van der Waals surface area contributed by atoms with Gasteiger partial charge in [-0.3, -0.25) is 4.79 Å². The fourth-order valence-corrected chi connectivity index (χ4v) is 2.15.